The van der Waals surface area contributed by atoms with E-state index < -0.39 is 9.84 Å². The molecule has 0 spiro atoms. The maximum Gasteiger partial charge on any atom is 0.298 e. The van der Waals surface area contributed by atoms with Crippen LogP contribution in [0.1, 0.15) is 19.3 Å². The van der Waals surface area contributed by atoms with Crippen LogP contribution in [-0.2, 0) is 9.84 Å². The van der Waals surface area contributed by atoms with Crippen molar-refractivity contribution < 1.29 is 17.6 Å². The number of anilines is 1. The van der Waals surface area contributed by atoms with Gasteiger partial charge in [0.2, 0.25) is 0 Å². The standard InChI is InChI=1S/C20H22N4O4S2/c25-30(26)7-3-14(4-8-30)27-16-2-1-15(19-21-5-6-29-19)18-17(16)23-20(28-18)24-10-12-9-13(11-24)22-12/h1-2,5-6,12-14,22H,3-4,7-11H2. The highest BCUT2D eigenvalue weighted by atomic mass is 32.2. The van der Waals surface area contributed by atoms with Gasteiger partial charge >= 0.3 is 0 Å². The molecule has 6 heterocycles. The summed E-state index contributed by atoms with van der Waals surface area (Å²) in [6.07, 6.45) is 3.86. The Bertz CT molecular complexity index is 1160. The molecule has 2 bridgehead atoms. The van der Waals surface area contributed by atoms with Crippen LogP contribution in [0, 0.1) is 0 Å². The summed E-state index contributed by atoms with van der Waals surface area (Å²) in [6, 6.07) is 5.47. The minimum Gasteiger partial charge on any atom is -0.488 e. The van der Waals surface area contributed by atoms with Gasteiger partial charge in [-0.2, -0.15) is 4.98 Å². The molecule has 2 aromatic heterocycles. The van der Waals surface area contributed by atoms with Crippen LogP contribution in [-0.4, -0.2) is 61.2 Å². The summed E-state index contributed by atoms with van der Waals surface area (Å²) in [7, 11) is -2.93. The molecule has 2 atom stereocenters. The zero-order chi connectivity index (χ0) is 20.3. The number of aromatic nitrogens is 2. The molecule has 1 aromatic carbocycles. The fraction of sp³-hybridized carbons (Fsp3) is 0.500. The Morgan fingerprint density at radius 1 is 1.20 bits per heavy atom. The second kappa shape index (κ2) is 6.93. The summed E-state index contributed by atoms with van der Waals surface area (Å²) < 4.78 is 36.0. The minimum atomic E-state index is -2.93. The maximum atomic E-state index is 11.7. The van der Waals surface area contributed by atoms with E-state index in [1.54, 1.807) is 17.5 Å². The number of nitrogens with zero attached hydrogens (tertiary/aromatic N) is 3. The summed E-state index contributed by atoms with van der Waals surface area (Å²) in [6.45, 7) is 1.76. The number of fused-ring (bicyclic) bond motifs is 3. The number of hydrogen-bond acceptors (Lipinski definition) is 9. The van der Waals surface area contributed by atoms with E-state index in [-0.39, 0.29) is 17.6 Å². The first-order chi connectivity index (χ1) is 14.5. The molecule has 4 aliphatic heterocycles. The average molecular weight is 447 g/mol. The number of nitrogens with one attached hydrogen (secondary N) is 1. The Labute approximate surface area is 178 Å². The molecule has 158 valence electrons. The second-order valence-electron chi connectivity index (χ2n) is 8.29. The Kier molecular flexibility index (Phi) is 4.29. The lowest BCUT2D eigenvalue weighted by Crippen LogP contribution is -2.67. The molecule has 0 radical (unpaired) electrons. The lowest BCUT2D eigenvalue weighted by Gasteiger charge is -2.47. The topological polar surface area (TPSA) is 97.6 Å². The van der Waals surface area contributed by atoms with Gasteiger partial charge in [-0.05, 0) is 31.4 Å². The van der Waals surface area contributed by atoms with Crippen LogP contribution in [0.3, 0.4) is 0 Å². The van der Waals surface area contributed by atoms with Crippen molar-refractivity contribution in [3.8, 4) is 16.3 Å². The quantitative estimate of drug-likeness (QED) is 0.653. The molecule has 0 amide bonds. The van der Waals surface area contributed by atoms with Crippen LogP contribution in [0.25, 0.3) is 21.7 Å². The molecule has 4 saturated heterocycles. The molecule has 10 heteroatoms. The lowest BCUT2D eigenvalue weighted by molar-refractivity contribution is 0.192. The number of piperazine rings is 1. The first kappa shape index (κ1) is 18.6. The van der Waals surface area contributed by atoms with Crippen LogP contribution in [0.15, 0.2) is 28.1 Å². The predicted octanol–water partition coefficient (Wildman–Crippen LogP) is 2.46. The van der Waals surface area contributed by atoms with Gasteiger partial charge in [0.1, 0.15) is 16.9 Å². The Morgan fingerprint density at radius 3 is 2.67 bits per heavy atom. The molecule has 0 aliphatic carbocycles. The highest BCUT2D eigenvalue weighted by Gasteiger charge is 2.38. The van der Waals surface area contributed by atoms with E-state index in [1.807, 2.05) is 17.5 Å². The SMILES string of the molecule is O=S1(=O)CCC(Oc2ccc(-c3nccs3)c3oc(N4CC5CC(C4)N5)nc23)CC1. The van der Waals surface area contributed by atoms with Gasteiger partial charge in [0, 0.05) is 36.8 Å². The molecule has 4 fully saturated rings. The van der Waals surface area contributed by atoms with Gasteiger partial charge in [-0.3, -0.25) is 0 Å². The summed E-state index contributed by atoms with van der Waals surface area (Å²) in [4.78, 5) is 11.5. The Balaban J connectivity index is 1.37. The van der Waals surface area contributed by atoms with Gasteiger partial charge in [0.25, 0.3) is 6.01 Å². The van der Waals surface area contributed by atoms with Crippen LogP contribution in [0.5, 0.6) is 5.75 Å². The Hall–Kier alpha value is -2.17. The summed E-state index contributed by atoms with van der Waals surface area (Å²) in [5, 5.41) is 6.34. The molecule has 3 aromatic rings. The second-order valence-corrected chi connectivity index (χ2v) is 11.5. The van der Waals surface area contributed by atoms with E-state index in [0.29, 0.717) is 47.8 Å². The highest BCUT2D eigenvalue weighted by Crippen LogP contribution is 2.39. The number of benzene rings is 1. The number of ether oxygens (including phenoxy) is 1. The van der Waals surface area contributed by atoms with Gasteiger partial charge in [-0.15, -0.1) is 11.3 Å². The summed E-state index contributed by atoms with van der Waals surface area (Å²) >= 11 is 1.55. The monoisotopic (exact) mass is 446 g/mol. The first-order valence-corrected chi connectivity index (χ1v) is 13.0. The van der Waals surface area contributed by atoms with E-state index >= 15 is 0 Å². The van der Waals surface area contributed by atoms with Crippen molar-refractivity contribution in [1.29, 1.82) is 0 Å². The number of oxazole rings is 1. The van der Waals surface area contributed by atoms with Gasteiger partial charge < -0.3 is 19.4 Å². The molecule has 1 N–H and O–H groups in total. The van der Waals surface area contributed by atoms with Crippen molar-refractivity contribution in [1.82, 2.24) is 15.3 Å². The van der Waals surface area contributed by atoms with Crippen molar-refractivity contribution in [3.05, 3.63) is 23.7 Å². The highest BCUT2D eigenvalue weighted by molar-refractivity contribution is 7.91. The Morgan fingerprint density at radius 2 is 1.97 bits per heavy atom. The van der Waals surface area contributed by atoms with Crippen molar-refractivity contribution >= 4 is 38.3 Å². The maximum absolute atomic E-state index is 11.7. The largest absolute Gasteiger partial charge is 0.488 e. The molecule has 8 nitrogen and oxygen atoms in total. The first-order valence-electron chi connectivity index (χ1n) is 10.3. The third-order valence-electron chi connectivity index (χ3n) is 6.15. The van der Waals surface area contributed by atoms with Crippen molar-refractivity contribution in [2.45, 2.75) is 37.5 Å². The van der Waals surface area contributed by atoms with E-state index in [0.717, 1.165) is 23.7 Å². The zero-order valence-electron chi connectivity index (χ0n) is 16.3. The van der Waals surface area contributed by atoms with Crippen LogP contribution in [0.4, 0.5) is 6.01 Å². The van der Waals surface area contributed by atoms with Crippen molar-refractivity contribution in [2.24, 2.45) is 0 Å². The third kappa shape index (κ3) is 3.27. The van der Waals surface area contributed by atoms with E-state index in [2.05, 4.69) is 15.2 Å². The molecular formula is C20H22N4O4S2. The van der Waals surface area contributed by atoms with Gasteiger partial charge in [-0.1, -0.05) is 0 Å². The number of hydrogen-bond donors (Lipinski definition) is 1. The number of sulfone groups is 1. The third-order valence-corrected chi connectivity index (χ3v) is 8.67. The molecular weight excluding hydrogens is 424 g/mol. The summed E-state index contributed by atoms with van der Waals surface area (Å²) in [5.41, 5.74) is 2.25. The fourth-order valence-corrected chi connectivity index (χ4v) is 6.67. The minimum absolute atomic E-state index is 0.130. The van der Waals surface area contributed by atoms with Crippen molar-refractivity contribution in [3.63, 3.8) is 0 Å². The lowest BCUT2D eigenvalue weighted by atomic mass is 9.92. The number of thiazole rings is 1. The van der Waals surface area contributed by atoms with E-state index in [1.165, 1.54) is 6.42 Å². The predicted molar refractivity (Wildman–Crippen MR) is 115 cm³/mol. The van der Waals surface area contributed by atoms with Gasteiger partial charge in [0.05, 0.1) is 17.1 Å². The fourth-order valence-electron chi connectivity index (χ4n) is 4.56. The molecule has 0 saturated carbocycles. The summed E-state index contributed by atoms with van der Waals surface area (Å²) in [5.74, 6) is 0.988. The van der Waals surface area contributed by atoms with Gasteiger partial charge in [-0.25, -0.2) is 13.4 Å². The van der Waals surface area contributed by atoms with Crippen LogP contribution >= 0.6 is 11.3 Å². The number of piperidine rings is 1. The smallest absolute Gasteiger partial charge is 0.298 e. The van der Waals surface area contributed by atoms with Crippen molar-refractivity contribution in [2.75, 3.05) is 29.5 Å². The van der Waals surface area contributed by atoms with E-state index in [9.17, 15) is 8.42 Å². The van der Waals surface area contributed by atoms with E-state index in [4.69, 9.17) is 14.1 Å². The van der Waals surface area contributed by atoms with Gasteiger partial charge in [0.15, 0.2) is 20.9 Å². The molecule has 30 heavy (non-hydrogen) atoms. The van der Waals surface area contributed by atoms with Crippen LogP contribution < -0.4 is 15.0 Å². The molecule has 2 unspecified atom stereocenters. The van der Waals surface area contributed by atoms with Crippen LogP contribution in [0.2, 0.25) is 0 Å². The average Bonchev–Trinajstić information content (AvgIpc) is 3.40. The normalized spacial score (nSPS) is 25.9. The molecule has 7 rings (SSSR count). The zero-order valence-corrected chi connectivity index (χ0v) is 17.9. The number of rotatable bonds is 4. The molecule has 4 aliphatic rings.